The second-order valence-electron chi connectivity index (χ2n) is 4.52. The molecule has 0 radical (unpaired) electrons. The van der Waals surface area contributed by atoms with Gasteiger partial charge in [-0.2, -0.15) is 8.78 Å². The van der Waals surface area contributed by atoms with Gasteiger partial charge in [0.15, 0.2) is 5.13 Å². The number of aromatic nitrogens is 1. The summed E-state index contributed by atoms with van der Waals surface area (Å²) < 4.78 is 29.6. The average molecular weight is 306 g/mol. The number of aryl methyl sites for hydroxylation is 1. The molecule has 0 spiro atoms. The van der Waals surface area contributed by atoms with Gasteiger partial charge in [-0.3, -0.25) is 0 Å². The molecule has 0 saturated carbocycles. The number of alkyl halides is 2. The molecule has 0 amide bonds. The average Bonchev–Trinajstić information content (AvgIpc) is 2.82. The number of fused-ring (bicyclic) bond motifs is 1. The van der Waals surface area contributed by atoms with E-state index in [0.29, 0.717) is 0 Å². The monoisotopic (exact) mass is 306 g/mol. The molecule has 3 nitrogen and oxygen atoms in total. The molecule has 0 saturated heterocycles. The Bertz CT molecular complexity index is 756. The summed E-state index contributed by atoms with van der Waals surface area (Å²) in [5.41, 5.74) is 2.89. The highest BCUT2D eigenvalue weighted by Gasteiger charge is 2.06. The molecule has 6 heteroatoms. The molecule has 0 aliphatic rings. The second kappa shape index (κ2) is 5.65. The van der Waals surface area contributed by atoms with Gasteiger partial charge < -0.3 is 10.1 Å². The molecule has 3 aromatic rings. The summed E-state index contributed by atoms with van der Waals surface area (Å²) in [5.74, 6) is 0.135. The number of hydrogen-bond acceptors (Lipinski definition) is 4. The summed E-state index contributed by atoms with van der Waals surface area (Å²) in [6.07, 6.45) is 0. The molecular weight excluding hydrogens is 294 g/mol. The Morgan fingerprint density at radius 3 is 2.62 bits per heavy atom. The van der Waals surface area contributed by atoms with Gasteiger partial charge in [-0.05, 0) is 48.9 Å². The fourth-order valence-electron chi connectivity index (χ4n) is 1.93. The molecule has 0 unspecified atom stereocenters. The van der Waals surface area contributed by atoms with E-state index in [9.17, 15) is 8.78 Å². The van der Waals surface area contributed by atoms with Gasteiger partial charge in [0.25, 0.3) is 0 Å². The quantitative estimate of drug-likeness (QED) is 0.740. The molecule has 2 aromatic carbocycles. The molecule has 0 aliphatic heterocycles. The van der Waals surface area contributed by atoms with Crippen molar-refractivity contribution in [3.63, 3.8) is 0 Å². The number of rotatable bonds is 4. The van der Waals surface area contributed by atoms with Crippen LogP contribution in [0.1, 0.15) is 5.56 Å². The van der Waals surface area contributed by atoms with Crippen molar-refractivity contribution in [3.05, 3.63) is 48.0 Å². The normalized spacial score (nSPS) is 11.0. The molecular formula is C15H12F2N2OS. The van der Waals surface area contributed by atoms with Crippen LogP contribution in [-0.2, 0) is 0 Å². The topological polar surface area (TPSA) is 34.2 Å². The molecule has 0 aliphatic carbocycles. The summed E-state index contributed by atoms with van der Waals surface area (Å²) in [5, 5.41) is 3.92. The third kappa shape index (κ3) is 3.28. The number of thiazole rings is 1. The summed E-state index contributed by atoms with van der Waals surface area (Å²) in [6.45, 7) is -0.773. The summed E-state index contributed by atoms with van der Waals surface area (Å²) in [7, 11) is 0. The Labute approximate surface area is 124 Å². The largest absolute Gasteiger partial charge is 0.435 e. The van der Waals surface area contributed by atoms with Gasteiger partial charge in [0, 0.05) is 5.69 Å². The molecule has 0 atom stereocenters. The van der Waals surface area contributed by atoms with Crippen LogP contribution in [-0.4, -0.2) is 11.6 Å². The first-order valence-corrected chi connectivity index (χ1v) is 7.11. The van der Waals surface area contributed by atoms with E-state index in [-0.39, 0.29) is 5.75 Å². The zero-order chi connectivity index (χ0) is 14.8. The maximum Gasteiger partial charge on any atom is 0.387 e. The minimum atomic E-state index is -2.81. The summed E-state index contributed by atoms with van der Waals surface area (Å²) >= 11 is 1.55. The Morgan fingerprint density at radius 1 is 1.14 bits per heavy atom. The lowest BCUT2D eigenvalue weighted by molar-refractivity contribution is -0.0498. The van der Waals surface area contributed by atoms with E-state index in [2.05, 4.69) is 21.1 Å². The highest BCUT2D eigenvalue weighted by molar-refractivity contribution is 7.22. The van der Waals surface area contributed by atoms with Crippen molar-refractivity contribution in [2.75, 3.05) is 5.32 Å². The molecule has 108 valence electrons. The number of ether oxygens (including phenoxy) is 1. The van der Waals surface area contributed by atoms with Crippen LogP contribution in [0.4, 0.5) is 19.6 Å². The second-order valence-corrected chi connectivity index (χ2v) is 5.55. The van der Waals surface area contributed by atoms with Crippen molar-refractivity contribution < 1.29 is 13.5 Å². The summed E-state index contributed by atoms with van der Waals surface area (Å²) in [4.78, 5) is 4.48. The zero-order valence-corrected chi connectivity index (χ0v) is 12.0. The lowest BCUT2D eigenvalue weighted by Crippen LogP contribution is -2.01. The standard InChI is InChI=1S/C15H12F2N2OS/c1-9-2-7-12-13(8-9)21-15(19-12)18-10-3-5-11(6-4-10)20-14(16)17/h2-8,14H,1H3,(H,18,19). The number of anilines is 2. The van der Waals surface area contributed by atoms with Gasteiger partial charge in [0.05, 0.1) is 10.2 Å². The smallest absolute Gasteiger partial charge is 0.387 e. The van der Waals surface area contributed by atoms with Crippen LogP contribution in [0.15, 0.2) is 42.5 Å². The highest BCUT2D eigenvalue weighted by atomic mass is 32.1. The Hall–Kier alpha value is -2.21. The van der Waals surface area contributed by atoms with Crippen molar-refractivity contribution >= 4 is 32.4 Å². The van der Waals surface area contributed by atoms with E-state index in [4.69, 9.17) is 0 Å². The molecule has 1 N–H and O–H groups in total. The molecule has 3 rings (SSSR count). The number of halogens is 2. The maximum atomic E-state index is 12.1. The zero-order valence-electron chi connectivity index (χ0n) is 11.1. The number of benzene rings is 2. The van der Waals surface area contributed by atoms with E-state index in [1.54, 1.807) is 23.5 Å². The van der Waals surface area contributed by atoms with Crippen LogP contribution in [0, 0.1) is 6.92 Å². The number of hydrogen-bond donors (Lipinski definition) is 1. The Kier molecular flexibility index (Phi) is 3.70. The highest BCUT2D eigenvalue weighted by Crippen LogP contribution is 2.29. The minimum Gasteiger partial charge on any atom is -0.435 e. The predicted octanol–water partition coefficient (Wildman–Crippen LogP) is 4.95. The van der Waals surface area contributed by atoms with Crippen LogP contribution in [0.25, 0.3) is 10.2 Å². The van der Waals surface area contributed by atoms with E-state index in [0.717, 1.165) is 21.0 Å². The molecule has 0 fully saturated rings. The lowest BCUT2D eigenvalue weighted by Gasteiger charge is -2.06. The van der Waals surface area contributed by atoms with Gasteiger partial charge >= 0.3 is 6.61 Å². The fourth-order valence-corrected chi connectivity index (χ4v) is 2.91. The van der Waals surface area contributed by atoms with Gasteiger partial charge in [0.2, 0.25) is 0 Å². The van der Waals surface area contributed by atoms with Crippen LogP contribution in [0.5, 0.6) is 5.75 Å². The predicted molar refractivity (Wildman–Crippen MR) is 80.7 cm³/mol. The fraction of sp³-hybridized carbons (Fsp3) is 0.133. The first-order chi connectivity index (χ1) is 10.1. The third-order valence-electron chi connectivity index (χ3n) is 2.87. The van der Waals surface area contributed by atoms with E-state index in [1.807, 2.05) is 19.1 Å². The number of nitrogens with zero attached hydrogens (tertiary/aromatic N) is 1. The van der Waals surface area contributed by atoms with Crippen molar-refractivity contribution in [1.82, 2.24) is 4.98 Å². The maximum absolute atomic E-state index is 12.1. The van der Waals surface area contributed by atoms with Gasteiger partial charge in [0.1, 0.15) is 5.75 Å². The Balaban J connectivity index is 1.78. The van der Waals surface area contributed by atoms with Gasteiger partial charge in [-0.25, -0.2) is 4.98 Å². The summed E-state index contributed by atoms with van der Waals surface area (Å²) in [6, 6.07) is 12.4. The minimum absolute atomic E-state index is 0.135. The van der Waals surface area contributed by atoms with Crippen molar-refractivity contribution in [3.8, 4) is 5.75 Å². The molecule has 21 heavy (non-hydrogen) atoms. The van der Waals surface area contributed by atoms with Crippen molar-refractivity contribution in [2.24, 2.45) is 0 Å². The molecule has 1 heterocycles. The SMILES string of the molecule is Cc1ccc2nc(Nc3ccc(OC(F)F)cc3)sc2c1. The lowest BCUT2D eigenvalue weighted by atomic mass is 10.2. The first-order valence-electron chi connectivity index (χ1n) is 6.29. The van der Waals surface area contributed by atoms with Gasteiger partial charge in [-0.1, -0.05) is 17.4 Å². The molecule has 1 aromatic heterocycles. The van der Waals surface area contributed by atoms with Crippen LogP contribution < -0.4 is 10.1 Å². The van der Waals surface area contributed by atoms with Crippen LogP contribution in [0.3, 0.4) is 0 Å². The molecule has 0 bridgehead atoms. The van der Waals surface area contributed by atoms with E-state index >= 15 is 0 Å². The van der Waals surface area contributed by atoms with E-state index in [1.165, 1.54) is 17.7 Å². The number of nitrogens with one attached hydrogen (secondary N) is 1. The van der Waals surface area contributed by atoms with Crippen molar-refractivity contribution in [2.45, 2.75) is 13.5 Å². The van der Waals surface area contributed by atoms with E-state index < -0.39 is 6.61 Å². The van der Waals surface area contributed by atoms with Crippen LogP contribution >= 0.6 is 11.3 Å². The third-order valence-corrected chi connectivity index (χ3v) is 3.81. The van der Waals surface area contributed by atoms with Crippen LogP contribution in [0.2, 0.25) is 0 Å². The Morgan fingerprint density at radius 2 is 1.90 bits per heavy atom. The van der Waals surface area contributed by atoms with Gasteiger partial charge in [-0.15, -0.1) is 0 Å². The van der Waals surface area contributed by atoms with Crippen molar-refractivity contribution in [1.29, 1.82) is 0 Å². The first kappa shape index (κ1) is 13.8.